The monoisotopic (exact) mass is 184 g/mol. The summed E-state index contributed by atoms with van der Waals surface area (Å²) in [7, 11) is 0. The van der Waals surface area contributed by atoms with E-state index in [1.807, 2.05) is 0 Å². The van der Waals surface area contributed by atoms with E-state index in [1.165, 1.54) is 12.8 Å². The molecule has 4 nitrogen and oxygen atoms in total. The van der Waals surface area contributed by atoms with Crippen LogP contribution in [-0.4, -0.2) is 47.7 Å². The van der Waals surface area contributed by atoms with Crippen LogP contribution in [0.1, 0.15) is 19.3 Å². The van der Waals surface area contributed by atoms with Crippen LogP contribution in [0.5, 0.6) is 0 Å². The van der Waals surface area contributed by atoms with Crippen molar-refractivity contribution >= 4 is 5.97 Å². The highest BCUT2D eigenvalue weighted by Gasteiger charge is 2.37. The van der Waals surface area contributed by atoms with E-state index in [4.69, 9.17) is 5.11 Å². The average molecular weight is 184 g/mol. The van der Waals surface area contributed by atoms with Crippen LogP contribution in [0.25, 0.3) is 0 Å². The number of nitrogens with one attached hydrogen (secondary N) is 1. The molecule has 2 aliphatic rings. The molecule has 0 unspecified atom stereocenters. The number of likely N-dealkylation sites (tertiary alicyclic amines) is 1. The van der Waals surface area contributed by atoms with Gasteiger partial charge in [-0.25, -0.2) is 0 Å². The van der Waals surface area contributed by atoms with Crippen molar-refractivity contribution in [2.24, 2.45) is 0 Å². The molecule has 2 aliphatic heterocycles. The summed E-state index contributed by atoms with van der Waals surface area (Å²) in [6, 6.07) is -0.0990. The maximum atomic E-state index is 10.9. The standard InChI is InChI=1S/C9H16N2O2/c12-9(13)8-7(3-4-10-8)11-5-1-2-6-11/h7-8,10H,1-6H2,(H,12,13)/t7-,8+/m1/s1. The minimum atomic E-state index is -0.700. The van der Waals surface area contributed by atoms with E-state index in [2.05, 4.69) is 10.2 Å². The summed E-state index contributed by atoms with van der Waals surface area (Å²) in [5, 5.41) is 12.0. The molecule has 0 saturated carbocycles. The summed E-state index contributed by atoms with van der Waals surface area (Å²) >= 11 is 0. The van der Waals surface area contributed by atoms with Crippen molar-refractivity contribution in [1.82, 2.24) is 10.2 Å². The van der Waals surface area contributed by atoms with Gasteiger partial charge < -0.3 is 10.4 Å². The van der Waals surface area contributed by atoms with Gasteiger partial charge >= 0.3 is 5.97 Å². The molecule has 0 bridgehead atoms. The molecule has 2 saturated heterocycles. The van der Waals surface area contributed by atoms with Crippen LogP contribution in [0, 0.1) is 0 Å². The lowest BCUT2D eigenvalue weighted by atomic mass is 10.1. The molecule has 0 amide bonds. The van der Waals surface area contributed by atoms with Gasteiger partial charge in [0.2, 0.25) is 0 Å². The molecule has 2 fully saturated rings. The highest BCUT2D eigenvalue weighted by molar-refractivity contribution is 5.75. The molecule has 0 spiro atoms. The first-order chi connectivity index (χ1) is 6.29. The number of aliphatic carboxylic acids is 1. The van der Waals surface area contributed by atoms with E-state index in [0.717, 1.165) is 26.1 Å². The minimum Gasteiger partial charge on any atom is -0.480 e. The van der Waals surface area contributed by atoms with Gasteiger partial charge in [-0.05, 0) is 38.9 Å². The summed E-state index contributed by atoms with van der Waals surface area (Å²) in [4.78, 5) is 13.2. The number of carboxylic acid groups (broad SMARTS) is 1. The maximum Gasteiger partial charge on any atom is 0.322 e. The lowest BCUT2D eigenvalue weighted by Gasteiger charge is -2.26. The van der Waals surface area contributed by atoms with Gasteiger partial charge in [-0.3, -0.25) is 9.69 Å². The second kappa shape index (κ2) is 3.64. The lowest BCUT2D eigenvalue weighted by Crippen LogP contribution is -2.46. The number of rotatable bonds is 2. The molecule has 2 rings (SSSR count). The number of carboxylic acids is 1. The quantitative estimate of drug-likeness (QED) is 0.629. The highest BCUT2D eigenvalue weighted by Crippen LogP contribution is 2.20. The first kappa shape index (κ1) is 8.97. The minimum absolute atomic E-state index is 0.236. The van der Waals surface area contributed by atoms with Crippen LogP contribution in [0.15, 0.2) is 0 Å². The third-order valence-electron chi connectivity index (χ3n) is 3.06. The Balaban J connectivity index is 2.00. The van der Waals surface area contributed by atoms with E-state index in [0.29, 0.717) is 0 Å². The Kier molecular flexibility index (Phi) is 2.51. The highest BCUT2D eigenvalue weighted by atomic mass is 16.4. The molecule has 0 aliphatic carbocycles. The molecule has 74 valence electrons. The second-order valence-corrected chi connectivity index (χ2v) is 3.87. The first-order valence-corrected chi connectivity index (χ1v) is 4.99. The number of nitrogens with zero attached hydrogens (tertiary/aromatic N) is 1. The summed E-state index contributed by atoms with van der Waals surface area (Å²) in [6.07, 6.45) is 3.43. The maximum absolute atomic E-state index is 10.9. The molecule has 0 aromatic carbocycles. The van der Waals surface area contributed by atoms with Gasteiger partial charge in [-0.1, -0.05) is 0 Å². The summed E-state index contributed by atoms with van der Waals surface area (Å²) in [5.74, 6) is -0.700. The predicted octanol–water partition coefficient (Wildman–Crippen LogP) is -0.103. The average Bonchev–Trinajstić information content (AvgIpc) is 2.74. The van der Waals surface area contributed by atoms with Crippen LogP contribution < -0.4 is 5.32 Å². The largest absolute Gasteiger partial charge is 0.480 e. The zero-order valence-corrected chi connectivity index (χ0v) is 7.70. The topological polar surface area (TPSA) is 52.6 Å². The smallest absolute Gasteiger partial charge is 0.322 e. The first-order valence-electron chi connectivity index (χ1n) is 4.99. The Labute approximate surface area is 77.9 Å². The fourth-order valence-corrected chi connectivity index (χ4v) is 2.41. The molecule has 2 heterocycles. The summed E-state index contributed by atoms with van der Waals surface area (Å²) in [6.45, 7) is 3.00. The molecule has 0 aromatic heterocycles. The normalized spacial score (nSPS) is 35.4. The van der Waals surface area contributed by atoms with Crippen molar-refractivity contribution in [2.75, 3.05) is 19.6 Å². The molecule has 4 heteroatoms. The van der Waals surface area contributed by atoms with E-state index in [-0.39, 0.29) is 12.1 Å². The number of carbonyl (C=O) groups is 1. The van der Waals surface area contributed by atoms with E-state index in [1.54, 1.807) is 0 Å². The van der Waals surface area contributed by atoms with Crippen molar-refractivity contribution in [1.29, 1.82) is 0 Å². The van der Waals surface area contributed by atoms with Gasteiger partial charge in [-0.2, -0.15) is 0 Å². The van der Waals surface area contributed by atoms with Crippen molar-refractivity contribution in [3.63, 3.8) is 0 Å². The third-order valence-corrected chi connectivity index (χ3v) is 3.06. The molecule has 0 radical (unpaired) electrons. The Morgan fingerprint density at radius 3 is 2.69 bits per heavy atom. The van der Waals surface area contributed by atoms with Crippen molar-refractivity contribution in [3.05, 3.63) is 0 Å². The molecule has 13 heavy (non-hydrogen) atoms. The predicted molar refractivity (Wildman–Crippen MR) is 48.6 cm³/mol. The molecule has 2 atom stereocenters. The van der Waals surface area contributed by atoms with Crippen LogP contribution in [0.4, 0.5) is 0 Å². The van der Waals surface area contributed by atoms with Crippen molar-refractivity contribution < 1.29 is 9.90 Å². The van der Waals surface area contributed by atoms with E-state index in [9.17, 15) is 4.79 Å². The van der Waals surface area contributed by atoms with Crippen molar-refractivity contribution in [3.8, 4) is 0 Å². The van der Waals surface area contributed by atoms with Gasteiger partial charge in [-0.15, -0.1) is 0 Å². The van der Waals surface area contributed by atoms with Gasteiger partial charge in [0.25, 0.3) is 0 Å². The van der Waals surface area contributed by atoms with E-state index >= 15 is 0 Å². The van der Waals surface area contributed by atoms with E-state index < -0.39 is 5.97 Å². The molecule has 2 N–H and O–H groups in total. The van der Waals surface area contributed by atoms with Crippen LogP contribution >= 0.6 is 0 Å². The summed E-state index contributed by atoms with van der Waals surface area (Å²) < 4.78 is 0. The van der Waals surface area contributed by atoms with Crippen molar-refractivity contribution in [2.45, 2.75) is 31.3 Å². The van der Waals surface area contributed by atoms with Gasteiger partial charge in [0.15, 0.2) is 0 Å². The number of hydrogen-bond acceptors (Lipinski definition) is 3. The molecule has 0 aromatic rings. The summed E-state index contributed by atoms with van der Waals surface area (Å²) in [5.41, 5.74) is 0. The Morgan fingerprint density at radius 2 is 2.08 bits per heavy atom. The SMILES string of the molecule is O=C(O)[C@H]1NCC[C@H]1N1CCCC1. The zero-order valence-electron chi connectivity index (χ0n) is 7.70. The number of hydrogen-bond donors (Lipinski definition) is 2. The fraction of sp³-hybridized carbons (Fsp3) is 0.889. The lowest BCUT2D eigenvalue weighted by molar-refractivity contribution is -0.140. The Morgan fingerprint density at radius 1 is 1.38 bits per heavy atom. The third kappa shape index (κ3) is 1.69. The molecular formula is C9H16N2O2. The van der Waals surface area contributed by atoms with Crippen LogP contribution in [-0.2, 0) is 4.79 Å². The van der Waals surface area contributed by atoms with Gasteiger partial charge in [0.05, 0.1) is 0 Å². The Hall–Kier alpha value is -0.610. The Bertz CT molecular complexity index is 202. The van der Waals surface area contributed by atoms with Gasteiger partial charge in [0.1, 0.15) is 6.04 Å². The van der Waals surface area contributed by atoms with Crippen LogP contribution in [0.3, 0.4) is 0 Å². The molecular weight excluding hydrogens is 168 g/mol. The fourth-order valence-electron chi connectivity index (χ4n) is 2.41. The van der Waals surface area contributed by atoms with Gasteiger partial charge in [0, 0.05) is 6.04 Å². The van der Waals surface area contributed by atoms with Crippen LogP contribution in [0.2, 0.25) is 0 Å². The second-order valence-electron chi connectivity index (χ2n) is 3.87. The zero-order chi connectivity index (χ0) is 9.26.